The van der Waals surface area contributed by atoms with E-state index in [1.165, 1.54) is 12.8 Å². The summed E-state index contributed by atoms with van der Waals surface area (Å²) in [4.78, 5) is 0. The molecule has 0 amide bonds. The minimum Gasteiger partial charge on any atom is -0.501 e. The summed E-state index contributed by atoms with van der Waals surface area (Å²) in [6.07, 6.45) is 6.54. The highest BCUT2D eigenvalue weighted by Gasteiger charge is 2.27. The Kier molecular flexibility index (Phi) is 2.79. The lowest BCUT2D eigenvalue weighted by atomic mass is 10.1. The van der Waals surface area contributed by atoms with Crippen molar-refractivity contribution in [3.63, 3.8) is 0 Å². The van der Waals surface area contributed by atoms with Crippen LogP contribution in [0.25, 0.3) is 0 Å². The Bertz CT molecular complexity index is 114. The highest BCUT2D eigenvalue weighted by atomic mass is 16.5. The van der Waals surface area contributed by atoms with Crippen molar-refractivity contribution < 1.29 is 4.74 Å². The monoisotopic (exact) mass is 140 g/mol. The van der Waals surface area contributed by atoms with E-state index in [-0.39, 0.29) is 0 Å². The lowest BCUT2D eigenvalue weighted by Crippen LogP contribution is -2.04. The summed E-state index contributed by atoms with van der Waals surface area (Å²) in [5.41, 5.74) is 0. The number of rotatable bonds is 4. The molecule has 1 nitrogen and oxygen atoms in total. The van der Waals surface area contributed by atoms with E-state index < -0.39 is 0 Å². The molecule has 58 valence electrons. The Morgan fingerprint density at radius 3 is 2.80 bits per heavy atom. The van der Waals surface area contributed by atoms with Gasteiger partial charge in [0.05, 0.1) is 12.9 Å². The molecule has 1 rings (SSSR count). The van der Waals surface area contributed by atoms with Crippen molar-refractivity contribution in [3.8, 4) is 0 Å². The number of allylic oxidation sites excluding steroid dienone is 1. The number of ether oxygens (including phenoxy) is 1. The Morgan fingerprint density at radius 1 is 1.60 bits per heavy atom. The minimum atomic E-state index is 0.760. The van der Waals surface area contributed by atoms with Crippen LogP contribution in [-0.2, 0) is 4.74 Å². The average molecular weight is 140 g/mol. The largest absolute Gasteiger partial charge is 0.501 e. The van der Waals surface area contributed by atoms with Crippen molar-refractivity contribution in [2.24, 2.45) is 11.8 Å². The molecule has 1 unspecified atom stereocenters. The van der Waals surface area contributed by atoms with Crippen molar-refractivity contribution in [2.75, 3.05) is 6.61 Å². The molecule has 0 saturated heterocycles. The number of hydrogen-bond acceptors (Lipinski definition) is 1. The summed E-state index contributed by atoms with van der Waals surface area (Å²) in [6.45, 7) is 5.14. The van der Waals surface area contributed by atoms with E-state index in [0.717, 1.165) is 18.4 Å². The zero-order chi connectivity index (χ0) is 7.40. The fourth-order valence-corrected chi connectivity index (χ4v) is 1.10. The summed E-state index contributed by atoms with van der Waals surface area (Å²) in [5, 5.41) is 0. The zero-order valence-electron chi connectivity index (χ0n) is 6.84. The van der Waals surface area contributed by atoms with Gasteiger partial charge in [0.15, 0.2) is 0 Å². The van der Waals surface area contributed by atoms with Crippen LogP contribution in [-0.4, -0.2) is 6.61 Å². The number of hydrogen-bond donors (Lipinski definition) is 0. The zero-order valence-corrected chi connectivity index (χ0v) is 6.84. The van der Waals surface area contributed by atoms with Crippen LogP contribution in [0.2, 0.25) is 0 Å². The summed E-state index contributed by atoms with van der Waals surface area (Å²) in [6, 6.07) is 0. The molecule has 10 heavy (non-hydrogen) atoms. The van der Waals surface area contributed by atoms with Crippen molar-refractivity contribution in [1.29, 1.82) is 0 Å². The van der Waals surface area contributed by atoms with Crippen molar-refractivity contribution in [3.05, 3.63) is 12.3 Å². The fraction of sp³-hybridized carbons (Fsp3) is 0.778. The van der Waals surface area contributed by atoms with Crippen LogP contribution in [0.4, 0.5) is 0 Å². The van der Waals surface area contributed by atoms with Gasteiger partial charge in [-0.1, -0.05) is 13.0 Å². The highest BCUT2D eigenvalue weighted by Crippen LogP contribution is 2.36. The van der Waals surface area contributed by atoms with Gasteiger partial charge in [-0.05, 0) is 31.6 Å². The Morgan fingerprint density at radius 2 is 2.30 bits per heavy atom. The second-order valence-electron chi connectivity index (χ2n) is 3.12. The topological polar surface area (TPSA) is 9.23 Å². The first-order valence-corrected chi connectivity index (χ1v) is 4.07. The van der Waals surface area contributed by atoms with Crippen LogP contribution in [0, 0.1) is 11.8 Å². The van der Waals surface area contributed by atoms with Crippen molar-refractivity contribution >= 4 is 0 Å². The fourth-order valence-electron chi connectivity index (χ4n) is 1.10. The quantitative estimate of drug-likeness (QED) is 0.545. The molecule has 0 aromatic heterocycles. The smallest absolute Gasteiger partial charge is 0.0901 e. The molecule has 1 saturated carbocycles. The van der Waals surface area contributed by atoms with Crippen LogP contribution in [0.1, 0.15) is 26.7 Å². The first kappa shape index (κ1) is 7.64. The third-order valence-electron chi connectivity index (χ3n) is 2.02. The second-order valence-corrected chi connectivity index (χ2v) is 3.12. The lowest BCUT2D eigenvalue weighted by molar-refractivity contribution is 0.190. The predicted octanol–water partition coefficient (Wildman–Crippen LogP) is 2.58. The molecule has 1 heteroatoms. The predicted molar refractivity (Wildman–Crippen MR) is 42.7 cm³/mol. The average Bonchev–Trinajstić information content (AvgIpc) is 2.69. The highest BCUT2D eigenvalue weighted by molar-refractivity contribution is 4.79. The van der Waals surface area contributed by atoms with Crippen LogP contribution >= 0.6 is 0 Å². The third-order valence-corrected chi connectivity index (χ3v) is 2.02. The summed E-state index contributed by atoms with van der Waals surface area (Å²) in [7, 11) is 0. The molecule has 1 aliphatic rings. The molecule has 0 bridgehead atoms. The first-order valence-electron chi connectivity index (χ1n) is 4.07. The van der Waals surface area contributed by atoms with Crippen LogP contribution in [0.5, 0.6) is 0 Å². The van der Waals surface area contributed by atoms with Crippen LogP contribution < -0.4 is 0 Å². The van der Waals surface area contributed by atoms with Gasteiger partial charge in [-0.25, -0.2) is 0 Å². The third kappa shape index (κ3) is 2.42. The van der Waals surface area contributed by atoms with E-state index >= 15 is 0 Å². The molecule has 0 heterocycles. The molecular formula is C9H16O. The standard InChI is InChI=1S/C9H16O/c1-3-6-10-7-8(2)9-4-5-9/h3,6,8-9H,4-5,7H2,1-2H3/b6-3+. The molecule has 0 radical (unpaired) electrons. The van der Waals surface area contributed by atoms with E-state index in [4.69, 9.17) is 4.74 Å². The first-order chi connectivity index (χ1) is 4.84. The normalized spacial score (nSPS) is 21.4. The van der Waals surface area contributed by atoms with E-state index in [9.17, 15) is 0 Å². The van der Waals surface area contributed by atoms with E-state index in [2.05, 4.69) is 6.92 Å². The summed E-state index contributed by atoms with van der Waals surface area (Å²) >= 11 is 0. The van der Waals surface area contributed by atoms with E-state index in [0.29, 0.717) is 0 Å². The lowest BCUT2D eigenvalue weighted by Gasteiger charge is -2.07. The molecule has 1 fully saturated rings. The Balaban J connectivity index is 2.00. The second kappa shape index (κ2) is 3.65. The molecular weight excluding hydrogens is 124 g/mol. The molecule has 0 aromatic rings. The van der Waals surface area contributed by atoms with Crippen molar-refractivity contribution in [1.82, 2.24) is 0 Å². The molecule has 0 aliphatic heterocycles. The minimum absolute atomic E-state index is 0.760. The van der Waals surface area contributed by atoms with E-state index in [1.807, 2.05) is 13.0 Å². The Hall–Kier alpha value is -0.460. The molecule has 0 aromatic carbocycles. The Labute approximate surface area is 63.1 Å². The van der Waals surface area contributed by atoms with E-state index in [1.54, 1.807) is 6.26 Å². The molecule has 0 spiro atoms. The maximum absolute atomic E-state index is 5.27. The summed E-state index contributed by atoms with van der Waals surface area (Å²) in [5.74, 6) is 1.72. The van der Waals surface area contributed by atoms with Gasteiger partial charge in [-0.3, -0.25) is 0 Å². The maximum atomic E-state index is 5.27. The van der Waals surface area contributed by atoms with Crippen LogP contribution in [0.15, 0.2) is 12.3 Å². The van der Waals surface area contributed by atoms with Gasteiger partial charge >= 0.3 is 0 Å². The molecule has 1 atom stereocenters. The van der Waals surface area contributed by atoms with Gasteiger partial charge in [-0.2, -0.15) is 0 Å². The summed E-state index contributed by atoms with van der Waals surface area (Å²) < 4.78 is 5.27. The van der Waals surface area contributed by atoms with Gasteiger partial charge in [0.2, 0.25) is 0 Å². The van der Waals surface area contributed by atoms with Gasteiger partial charge < -0.3 is 4.74 Å². The molecule has 0 N–H and O–H groups in total. The van der Waals surface area contributed by atoms with Gasteiger partial charge in [0, 0.05) is 0 Å². The van der Waals surface area contributed by atoms with Gasteiger partial charge in [-0.15, -0.1) is 0 Å². The van der Waals surface area contributed by atoms with Crippen LogP contribution in [0.3, 0.4) is 0 Å². The van der Waals surface area contributed by atoms with Gasteiger partial charge in [0.25, 0.3) is 0 Å². The van der Waals surface area contributed by atoms with Gasteiger partial charge in [0.1, 0.15) is 0 Å². The SMILES string of the molecule is C/C=C/OCC(C)C1CC1. The van der Waals surface area contributed by atoms with Crippen molar-refractivity contribution in [2.45, 2.75) is 26.7 Å². The maximum Gasteiger partial charge on any atom is 0.0901 e. The molecule has 1 aliphatic carbocycles.